The summed E-state index contributed by atoms with van der Waals surface area (Å²) in [6.45, 7) is 0. The SMILES string of the molecule is c1ccc(-c2cccc3sc4cc(-c5nc(-c6ccc7c(c6)oc6ccccc67)nc(-c6ccc7c8ccccc8n(-c8cccc9c%10ccccc%10n(-c%10ccccc%10)c89)c7c6)n5)ccc4c23)cc1. The molecule has 6 nitrogen and oxygen atoms in total. The Morgan fingerprint density at radius 1 is 0.343 bits per heavy atom. The molecule has 326 valence electrons. The summed E-state index contributed by atoms with van der Waals surface area (Å²) in [6, 6.07) is 79.7. The molecule has 0 atom stereocenters. The van der Waals surface area contributed by atoms with Crippen molar-refractivity contribution in [1.82, 2.24) is 24.1 Å². The predicted molar refractivity (Wildman–Crippen MR) is 290 cm³/mol. The zero-order valence-corrected chi connectivity index (χ0v) is 38.2. The minimum atomic E-state index is 0.572. The van der Waals surface area contributed by atoms with Gasteiger partial charge in [-0.25, -0.2) is 15.0 Å². The smallest absolute Gasteiger partial charge is 0.164 e. The third-order valence-electron chi connectivity index (χ3n) is 14.0. The largest absolute Gasteiger partial charge is 0.456 e. The first-order valence-corrected chi connectivity index (χ1v) is 24.3. The van der Waals surface area contributed by atoms with Gasteiger partial charge in [0, 0.05) is 74.9 Å². The fourth-order valence-electron chi connectivity index (χ4n) is 10.8. The van der Waals surface area contributed by atoms with Gasteiger partial charge in [0.05, 0.1) is 27.8 Å². The second-order valence-corrected chi connectivity index (χ2v) is 19.0. The van der Waals surface area contributed by atoms with Crippen LogP contribution in [0.25, 0.3) is 142 Å². The molecule has 0 bridgehead atoms. The lowest BCUT2D eigenvalue weighted by Gasteiger charge is -2.14. The van der Waals surface area contributed by atoms with Crippen molar-refractivity contribution in [2.24, 2.45) is 0 Å². The summed E-state index contributed by atoms with van der Waals surface area (Å²) in [7, 11) is 0. The summed E-state index contributed by atoms with van der Waals surface area (Å²) >= 11 is 1.80. The van der Waals surface area contributed by atoms with Gasteiger partial charge in [-0.15, -0.1) is 11.3 Å². The number of furan rings is 1. The maximum Gasteiger partial charge on any atom is 0.164 e. The van der Waals surface area contributed by atoms with Gasteiger partial charge in [0.1, 0.15) is 11.2 Å². The summed E-state index contributed by atoms with van der Waals surface area (Å²) in [5.41, 5.74) is 13.4. The van der Waals surface area contributed by atoms with Crippen molar-refractivity contribution in [2.45, 2.75) is 0 Å². The van der Waals surface area contributed by atoms with Crippen molar-refractivity contribution in [1.29, 1.82) is 0 Å². The topological polar surface area (TPSA) is 61.7 Å². The van der Waals surface area contributed by atoms with E-state index in [1.54, 1.807) is 11.3 Å². The molecule has 0 radical (unpaired) electrons. The van der Waals surface area contributed by atoms with E-state index in [1.165, 1.54) is 47.5 Å². The Bertz CT molecular complexity index is 4600. The number of hydrogen-bond acceptors (Lipinski definition) is 5. The molecule has 5 heterocycles. The van der Waals surface area contributed by atoms with E-state index in [2.05, 4.69) is 215 Å². The molecule has 0 N–H and O–H groups in total. The zero-order chi connectivity index (χ0) is 45.9. The lowest BCUT2D eigenvalue weighted by molar-refractivity contribution is 0.669. The lowest BCUT2D eigenvalue weighted by Crippen LogP contribution is -2.01. The third kappa shape index (κ3) is 5.89. The van der Waals surface area contributed by atoms with Crippen LogP contribution < -0.4 is 0 Å². The van der Waals surface area contributed by atoms with Crippen LogP contribution >= 0.6 is 11.3 Å². The van der Waals surface area contributed by atoms with Gasteiger partial charge in [-0.3, -0.25) is 0 Å². The number of rotatable bonds is 6. The Balaban J connectivity index is 0.960. The molecule has 0 spiro atoms. The summed E-state index contributed by atoms with van der Waals surface area (Å²) in [5.74, 6) is 1.76. The highest BCUT2D eigenvalue weighted by atomic mass is 32.1. The van der Waals surface area contributed by atoms with E-state index < -0.39 is 0 Å². The van der Waals surface area contributed by atoms with Crippen molar-refractivity contribution in [3.63, 3.8) is 0 Å². The summed E-state index contributed by atoms with van der Waals surface area (Å²) in [5, 5.41) is 9.34. The fourth-order valence-corrected chi connectivity index (χ4v) is 12.0. The minimum absolute atomic E-state index is 0.572. The average Bonchev–Trinajstić information content (AvgIpc) is 4.18. The minimum Gasteiger partial charge on any atom is -0.456 e. The van der Waals surface area contributed by atoms with Crippen LogP contribution in [0.2, 0.25) is 0 Å². The van der Waals surface area contributed by atoms with Crippen molar-refractivity contribution < 1.29 is 4.42 Å². The van der Waals surface area contributed by atoms with Crippen LogP contribution in [0.15, 0.2) is 229 Å². The van der Waals surface area contributed by atoms with E-state index in [-0.39, 0.29) is 0 Å². The fraction of sp³-hybridized carbons (Fsp3) is 0. The molecule has 0 saturated carbocycles. The van der Waals surface area contributed by atoms with Crippen molar-refractivity contribution in [3.8, 4) is 56.7 Å². The first kappa shape index (κ1) is 38.9. The number of fused-ring (bicyclic) bond motifs is 12. The van der Waals surface area contributed by atoms with E-state index >= 15 is 0 Å². The molecule has 0 aliphatic rings. The number of aromatic nitrogens is 5. The highest BCUT2D eigenvalue weighted by Crippen LogP contribution is 2.43. The standard InChI is InChI=1S/C63H37N5OS/c1-3-15-38(16-4-1)43-22-14-28-57-59(43)50-34-31-41(37-58(50)70-57)63-65-61(64-62(66-63)40-30-33-48-47-21-9-12-27-55(47)69-56(48)36-40)39-29-32-46-44-19-7-11-25-52(44)68(54(46)35-39)53-26-13-23-49-45-20-8-10-24-51(45)67(60(49)53)42-17-5-2-6-18-42/h1-37H. The van der Waals surface area contributed by atoms with Gasteiger partial charge in [-0.05, 0) is 77.9 Å². The van der Waals surface area contributed by atoms with Crippen LogP contribution in [0, 0.1) is 0 Å². The third-order valence-corrected chi connectivity index (χ3v) is 15.1. The molecule has 0 aliphatic carbocycles. The van der Waals surface area contributed by atoms with Crippen LogP contribution in [0.1, 0.15) is 0 Å². The van der Waals surface area contributed by atoms with Gasteiger partial charge in [0.2, 0.25) is 0 Å². The van der Waals surface area contributed by atoms with E-state index in [0.29, 0.717) is 17.5 Å². The van der Waals surface area contributed by atoms with Crippen LogP contribution in [-0.2, 0) is 0 Å². The lowest BCUT2D eigenvalue weighted by atomic mass is 9.99. The van der Waals surface area contributed by atoms with Gasteiger partial charge < -0.3 is 13.6 Å². The normalized spacial score (nSPS) is 12.0. The Kier molecular flexibility index (Phi) is 8.43. The monoisotopic (exact) mass is 911 g/mol. The molecule has 0 aliphatic heterocycles. The quantitative estimate of drug-likeness (QED) is 0.167. The average molecular weight is 912 g/mol. The highest BCUT2D eigenvalue weighted by Gasteiger charge is 2.22. The molecule has 0 fully saturated rings. The van der Waals surface area contributed by atoms with Crippen molar-refractivity contribution >= 4 is 97.1 Å². The summed E-state index contributed by atoms with van der Waals surface area (Å²) in [4.78, 5) is 16.0. The maximum absolute atomic E-state index is 6.41. The molecule has 15 rings (SSSR count). The van der Waals surface area contributed by atoms with Crippen LogP contribution in [0.3, 0.4) is 0 Å². The van der Waals surface area contributed by atoms with Crippen molar-refractivity contribution in [3.05, 3.63) is 224 Å². The van der Waals surface area contributed by atoms with Gasteiger partial charge in [0.25, 0.3) is 0 Å². The van der Waals surface area contributed by atoms with Crippen LogP contribution in [0.4, 0.5) is 0 Å². The highest BCUT2D eigenvalue weighted by molar-refractivity contribution is 7.26. The Morgan fingerprint density at radius 2 is 0.900 bits per heavy atom. The first-order chi connectivity index (χ1) is 34.7. The number of nitrogens with zero attached hydrogens (tertiary/aromatic N) is 5. The number of benzene rings is 10. The van der Waals surface area contributed by atoms with Gasteiger partial charge in [-0.1, -0.05) is 158 Å². The predicted octanol–water partition coefficient (Wildman–Crippen LogP) is 17.0. The van der Waals surface area contributed by atoms with E-state index in [4.69, 9.17) is 19.4 Å². The second-order valence-electron chi connectivity index (χ2n) is 17.9. The number of thiophene rings is 1. The Labute approximate surface area is 404 Å². The first-order valence-electron chi connectivity index (χ1n) is 23.5. The molecule has 0 unspecified atom stereocenters. The molecule has 7 heteroatoms. The molecule has 10 aromatic carbocycles. The number of hydrogen-bond donors (Lipinski definition) is 0. The van der Waals surface area contributed by atoms with Crippen LogP contribution in [0.5, 0.6) is 0 Å². The molecule has 5 aromatic heterocycles. The molecule has 0 saturated heterocycles. The molecule has 0 amide bonds. The molecule has 70 heavy (non-hydrogen) atoms. The molecular formula is C63H37N5OS. The summed E-state index contributed by atoms with van der Waals surface area (Å²) in [6.07, 6.45) is 0. The number of para-hydroxylation sites is 5. The molecular weight excluding hydrogens is 875 g/mol. The van der Waals surface area contributed by atoms with Gasteiger partial charge >= 0.3 is 0 Å². The Morgan fingerprint density at radius 3 is 1.67 bits per heavy atom. The van der Waals surface area contributed by atoms with E-state index in [9.17, 15) is 0 Å². The van der Waals surface area contributed by atoms with Gasteiger partial charge in [-0.2, -0.15) is 0 Å². The Hall–Kier alpha value is -9.17. The van der Waals surface area contributed by atoms with Crippen LogP contribution in [-0.4, -0.2) is 24.1 Å². The summed E-state index contributed by atoms with van der Waals surface area (Å²) < 4.78 is 13.7. The second kappa shape index (κ2) is 15.2. The van der Waals surface area contributed by atoms with Gasteiger partial charge in [0.15, 0.2) is 17.5 Å². The maximum atomic E-state index is 6.41. The van der Waals surface area contributed by atoms with Crippen molar-refractivity contribution in [2.75, 3.05) is 0 Å². The molecule has 15 aromatic rings. The van der Waals surface area contributed by atoms with E-state index in [1.807, 2.05) is 18.2 Å². The zero-order valence-electron chi connectivity index (χ0n) is 37.4. The van der Waals surface area contributed by atoms with E-state index in [0.717, 1.165) is 77.5 Å².